The molecule has 0 radical (unpaired) electrons. The van der Waals surface area contributed by atoms with Crippen LogP contribution in [0.2, 0.25) is 0 Å². The number of hydrogen-bond acceptors (Lipinski definition) is 5. The smallest absolute Gasteiger partial charge is 0.228 e. The number of rotatable bonds is 4. The normalized spacial score (nSPS) is 10.3. The number of anilines is 2. The minimum atomic E-state index is 0.623. The van der Waals surface area contributed by atoms with Gasteiger partial charge in [0.15, 0.2) is 6.33 Å². The highest BCUT2D eigenvalue weighted by atomic mass is 16.5. The van der Waals surface area contributed by atoms with Crippen molar-refractivity contribution in [3.8, 4) is 0 Å². The summed E-state index contributed by atoms with van der Waals surface area (Å²) in [6, 6.07) is 5.93. The fraction of sp³-hybridized carbons (Fsp3) is 0.273. The lowest BCUT2D eigenvalue weighted by molar-refractivity contribution is 0.380. The Balaban J connectivity index is 1.90. The molecule has 2 aromatic rings. The zero-order valence-electron chi connectivity index (χ0n) is 9.10. The van der Waals surface area contributed by atoms with Crippen molar-refractivity contribution in [2.75, 3.05) is 17.6 Å². The van der Waals surface area contributed by atoms with Gasteiger partial charge in [-0.1, -0.05) is 11.2 Å². The van der Waals surface area contributed by atoms with E-state index in [0.29, 0.717) is 12.3 Å². The van der Waals surface area contributed by atoms with E-state index in [1.54, 1.807) is 0 Å². The van der Waals surface area contributed by atoms with E-state index in [9.17, 15) is 0 Å². The fourth-order valence-electron chi connectivity index (χ4n) is 1.45. The predicted octanol–water partition coefficient (Wildman–Crippen LogP) is 1.61. The Kier molecular flexibility index (Phi) is 3.05. The summed E-state index contributed by atoms with van der Waals surface area (Å²) >= 11 is 0. The molecule has 3 N–H and O–H groups in total. The number of nitrogens with two attached hydrogens (primary N) is 1. The number of nitrogens with one attached hydrogen (secondary N) is 1. The molecule has 0 aliphatic rings. The number of hydrogen-bond donors (Lipinski definition) is 2. The summed E-state index contributed by atoms with van der Waals surface area (Å²) in [6.07, 6.45) is 2.09. The lowest BCUT2D eigenvalue weighted by Crippen LogP contribution is -2.07. The standard InChI is InChI=1S/C11H14N4O/c1-8-2-3-10(9(12)6-8)13-5-4-11-14-7-15-16-11/h2-3,6-7,13H,4-5,12H2,1H3. The van der Waals surface area contributed by atoms with E-state index in [1.165, 1.54) is 6.33 Å². The minimum absolute atomic E-state index is 0.623. The van der Waals surface area contributed by atoms with E-state index in [-0.39, 0.29) is 0 Å². The van der Waals surface area contributed by atoms with Crippen LogP contribution < -0.4 is 11.1 Å². The molecule has 1 aromatic heterocycles. The third-order valence-corrected chi connectivity index (χ3v) is 2.27. The average Bonchev–Trinajstić information content (AvgIpc) is 2.74. The lowest BCUT2D eigenvalue weighted by atomic mass is 10.2. The van der Waals surface area contributed by atoms with Crippen LogP contribution in [-0.2, 0) is 6.42 Å². The van der Waals surface area contributed by atoms with Gasteiger partial charge in [-0.15, -0.1) is 0 Å². The first-order valence-corrected chi connectivity index (χ1v) is 5.11. The molecule has 84 valence electrons. The van der Waals surface area contributed by atoms with Crippen LogP contribution in [0.15, 0.2) is 29.0 Å². The Morgan fingerprint density at radius 3 is 3.00 bits per heavy atom. The van der Waals surface area contributed by atoms with E-state index in [2.05, 4.69) is 15.5 Å². The molecular weight excluding hydrogens is 204 g/mol. The first-order chi connectivity index (χ1) is 7.75. The zero-order valence-corrected chi connectivity index (χ0v) is 9.10. The summed E-state index contributed by atoms with van der Waals surface area (Å²) < 4.78 is 4.89. The third-order valence-electron chi connectivity index (χ3n) is 2.27. The van der Waals surface area contributed by atoms with Crippen LogP contribution in [0, 0.1) is 6.92 Å². The van der Waals surface area contributed by atoms with Crippen molar-refractivity contribution in [3.63, 3.8) is 0 Å². The van der Waals surface area contributed by atoms with Gasteiger partial charge in [-0.3, -0.25) is 0 Å². The van der Waals surface area contributed by atoms with Crippen molar-refractivity contribution in [1.82, 2.24) is 10.1 Å². The Morgan fingerprint density at radius 2 is 2.31 bits per heavy atom. The third kappa shape index (κ3) is 2.50. The van der Waals surface area contributed by atoms with Gasteiger partial charge in [0.05, 0.1) is 11.4 Å². The maximum absolute atomic E-state index is 5.87. The fourth-order valence-corrected chi connectivity index (χ4v) is 1.45. The number of nitrogen functional groups attached to an aromatic ring is 1. The van der Waals surface area contributed by atoms with Gasteiger partial charge in [-0.2, -0.15) is 4.98 Å². The molecule has 2 rings (SSSR count). The first-order valence-electron chi connectivity index (χ1n) is 5.11. The van der Waals surface area contributed by atoms with E-state index in [4.69, 9.17) is 10.3 Å². The van der Waals surface area contributed by atoms with Crippen LogP contribution in [0.5, 0.6) is 0 Å². The largest absolute Gasteiger partial charge is 0.397 e. The predicted molar refractivity (Wildman–Crippen MR) is 62.1 cm³/mol. The number of aryl methyl sites for hydroxylation is 1. The van der Waals surface area contributed by atoms with Gasteiger partial charge in [0.25, 0.3) is 0 Å². The first kappa shape index (κ1) is 10.5. The molecule has 0 spiro atoms. The minimum Gasteiger partial charge on any atom is -0.397 e. The van der Waals surface area contributed by atoms with Gasteiger partial charge in [0, 0.05) is 13.0 Å². The molecule has 0 amide bonds. The maximum Gasteiger partial charge on any atom is 0.228 e. The lowest BCUT2D eigenvalue weighted by Gasteiger charge is -2.08. The summed E-state index contributed by atoms with van der Waals surface area (Å²) in [5, 5.41) is 6.76. The van der Waals surface area contributed by atoms with Crippen LogP contribution >= 0.6 is 0 Å². The molecule has 0 aliphatic heterocycles. The molecule has 0 bridgehead atoms. The topological polar surface area (TPSA) is 77.0 Å². The second-order valence-electron chi connectivity index (χ2n) is 3.60. The summed E-state index contributed by atoms with van der Waals surface area (Å²) in [5.74, 6) is 0.623. The van der Waals surface area contributed by atoms with Crippen molar-refractivity contribution in [2.24, 2.45) is 0 Å². The Bertz CT molecular complexity index is 453. The second kappa shape index (κ2) is 4.65. The van der Waals surface area contributed by atoms with Crippen LogP contribution in [0.4, 0.5) is 11.4 Å². The van der Waals surface area contributed by atoms with Crippen molar-refractivity contribution in [1.29, 1.82) is 0 Å². The van der Waals surface area contributed by atoms with Gasteiger partial charge in [-0.25, -0.2) is 0 Å². The monoisotopic (exact) mass is 218 g/mol. The molecule has 0 fully saturated rings. The molecule has 1 aromatic carbocycles. The van der Waals surface area contributed by atoms with Gasteiger partial charge in [0.1, 0.15) is 0 Å². The molecule has 0 atom stereocenters. The van der Waals surface area contributed by atoms with Crippen LogP contribution in [-0.4, -0.2) is 16.7 Å². The molecular formula is C11H14N4O. The highest BCUT2D eigenvalue weighted by Crippen LogP contribution is 2.19. The van der Waals surface area contributed by atoms with E-state index in [0.717, 1.165) is 23.5 Å². The Labute approximate surface area is 93.7 Å². The molecule has 0 unspecified atom stereocenters. The molecule has 0 saturated heterocycles. The van der Waals surface area contributed by atoms with Crippen molar-refractivity contribution < 1.29 is 4.52 Å². The van der Waals surface area contributed by atoms with Crippen molar-refractivity contribution in [2.45, 2.75) is 13.3 Å². The quantitative estimate of drug-likeness (QED) is 0.762. The summed E-state index contributed by atoms with van der Waals surface area (Å²) in [7, 11) is 0. The van der Waals surface area contributed by atoms with Crippen molar-refractivity contribution >= 4 is 11.4 Å². The summed E-state index contributed by atoms with van der Waals surface area (Å²) in [6.45, 7) is 2.73. The molecule has 0 saturated carbocycles. The average molecular weight is 218 g/mol. The highest BCUT2D eigenvalue weighted by Gasteiger charge is 2.01. The molecule has 1 heterocycles. The highest BCUT2D eigenvalue weighted by molar-refractivity contribution is 5.66. The summed E-state index contributed by atoms with van der Waals surface area (Å²) in [5.41, 5.74) is 8.71. The van der Waals surface area contributed by atoms with Gasteiger partial charge < -0.3 is 15.6 Å². The van der Waals surface area contributed by atoms with E-state index >= 15 is 0 Å². The van der Waals surface area contributed by atoms with Crippen LogP contribution in [0.3, 0.4) is 0 Å². The van der Waals surface area contributed by atoms with E-state index in [1.807, 2.05) is 25.1 Å². The molecule has 5 heteroatoms. The van der Waals surface area contributed by atoms with Gasteiger partial charge >= 0.3 is 0 Å². The van der Waals surface area contributed by atoms with Crippen LogP contribution in [0.1, 0.15) is 11.5 Å². The van der Waals surface area contributed by atoms with Gasteiger partial charge in [0.2, 0.25) is 5.89 Å². The SMILES string of the molecule is Cc1ccc(NCCc2ncno2)c(N)c1. The molecule has 0 aliphatic carbocycles. The Morgan fingerprint density at radius 1 is 1.44 bits per heavy atom. The molecule has 5 nitrogen and oxygen atoms in total. The zero-order chi connectivity index (χ0) is 11.4. The number of aromatic nitrogens is 2. The van der Waals surface area contributed by atoms with Crippen molar-refractivity contribution in [3.05, 3.63) is 36.0 Å². The molecule has 16 heavy (non-hydrogen) atoms. The number of nitrogens with zero attached hydrogens (tertiary/aromatic N) is 2. The number of benzene rings is 1. The second-order valence-corrected chi connectivity index (χ2v) is 3.60. The van der Waals surface area contributed by atoms with Crippen LogP contribution in [0.25, 0.3) is 0 Å². The Hall–Kier alpha value is -2.04. The summed E-state index contributed by atoms with van der Waals surface area (Å²) in [4.78, 5) is 3.93. The van der Waals surface area contributed by atoms with Gasteiger partial charge in [-0.05, 0) is 24.6 Å². The van der Waals surface area contributed by atoms with E-state index < -0.39 is 0 Å². The maximum atomic E-state index is 5.87.